The third kappa shape index (κ3) is 5.06. The lowest BCUT2D eigenvalue weighted by Gasteiger charge is -2.32. The summed E-state index contributed by atoms with van der Waals surface area (Å²) in [6, 6.07) is 0.0100. The molecule has 0 spiro atoms. The summed E-state index contributed by atoms with van der Waals surface area (Å²) in [7, 11) is 0. The lowest BCUT2D eigenvalue weighted by Crippen LogP contribution is -2.51. The molecule has 3 aliphatic rings. The van der Waals surface area contributed by atoms with Crippen LogP contribution in [0.1, 0.15) is 64.7 Å². The molecule has 0 aromatic rings. The first kappa shape index (κ1) is 20.7. The molecule has 2 fully saturated rings. The molecule has 1 heterocycles. The average Bonchev–Trinajstić information content (AvgIpc) is 3.52. The molecule has 1 saturated heterocycles. The Morgan fingerprint density at radius 2 is 1.93 bits per heavy atom. The van der Waals surface area contributed by atoms with E-state index in [1.807, 2.05) is 0 Å². The van der Waals surface area contributed by atoms with Crippen LogP contribution in [0.2, 0.25) is 0 Å². The highest BCUT2D eigenvalue weighted by Crippen LogP contribution is 2.46. The van der Waals surface area contributed by atoms with Gasteiger partial charge in [0.15, 0.2) is 0 Å². The van der Waals surface area contributed by atoms with Crippen LogP contribution in [0.3, 0.4) is 0 Å². The summed E-state index contributed by atoms with van der Waals surface area (Å²) in [6.45, 7) is 3.90. The second kappa shape index (κ2) is 9.43. The van der Waals surface area contributed by atoms with Gasteiger partial charge in [-0.2, -0.15) is 0 Å². The first-order valence-corrected chi connectivity index (χ1v) is 10.7. The van der Waals surface area contributed by atoms with Crippen molar-refractivity contribution in [2.24, 2.45) is 5.41 Å². The normalized spacial score (nSPS) is 21.5. The highest BCUT2D eigenvalue weighted by Gasteiger charge is 2.56. The number of hydrogen-bond donors (Lipinski definition) is 2. The van der Waals surface area contributed by atoms with Crippen LogP contribution in [0.25, 0.3) is 0 Å². The Morgan fingerprint density at radius 1 is 1.18 bits per heavy atom. The van der Waals surface area contributed by atoms with Gasteiger partial charge in [0.2, 0.25) is 11.8 Å². The average molecular weight is 392 g/mol. The molecule has 1 saturated carbocycles. The number of rotatable bonds is 7. The molecule has 3 amide bonds. The maximum Gasteiger partial charge on any atom is 0.409 e. The first-order valence-electron chi connectivity index (χ1n) is 10.7. The molecule has 0 aromatic heterocycles. The maximum absolute atomic E-state index is 12.7. The van der Waals surface area contributed by atoms with Gasteiger partial charge in [-0.25, -0.2) is 4.79 Å². The first-order chi connectivity index (χ1) is 13.5. The highest BCUT2D eigenvalue weighted by molar-refractivity contribution is 6.07. The van der Waals surface area contributed by atoms with Crippen LogP contribution in [0.4, 0.5) is 4.79 Å². The Labute approximate surface area is 167 Å². The third-order valence-electron chi connectivity index (χ3n) is 6.09. The lowest BCUT2D eigenvalue weighted by atomic mass is 9.97. The van der Waals surface area contributed by atoms with Gasteiger partial charge in [-0.1, -0.05) is 11.6 Å². The number of piperidine rings is 1. The van der Waals surface area contributed by atoms with E-state index in [-0.39, 0.29) is 23.9 Å². The number of hydrogen-bond acceptors (Lipinski definition) is 4. The topological polar surface area (TPSA) is 87.7 Å². The minimum absolute atomic E-state index is 0.0100. The van der Waals surface area contributed by atoms with Crippen LogP contribution in [0, 0.1) is 5.41 Å². The Morgan fingerprint density at radius 3 is 2.54 bits per heavy atom. The van der Waals surface area contributed by atoms with Crippen LogP contribution >= 0.6 is 0 Å². The van der Waals surface area contributed by atoms with E-state index in [4.69, 9.17) is 4.74 Å². The molecule has 0 bridgehead atoms. The van der Waals surface area contributed by atoms with Gasteiger partial charge in [0, 0.05) is 25.7 Å². The van der Waals surface area contributed by atoms with E-state index in [1.165, 1.54) is 18.4 Å². The van der Waals surface area contributed by atoms with Crippen molar-refractivity contribution in [2.75, 3.05) is 26.2 Å². The van der Waals surface area contributed by atoms with Crippen molar-refractivity contribution in [1.82, 2.24) is 15.5 Å². The van der Waals surface area contributed by atoms with Crippen molar-refractivity contribution in [3.63, 3.8) is 0 Å². The predicted octanol–water partition coefficient (Wildman–Crippen LogP) is 2.51. The number of nitrogens with zero attached hydrogens (tertiary/aromatic N) is 1. The molecule has 7 heteroatoms. The van der Waals surface area contributed by atoms with Crippen molar-refractivity contribution in [2.45, 2.75) is 70.8 Å². The summed E-state index contributed by atoms with van der Waals surface area (Å²) in [6.07, 6.45) is 10.3. The van der Waals surface area contributed by atoms with Gasteiger partial charge in [0.05, 0.1) is 6.61 Å². The zero-order chi connectivity index (χ0) is 20.0. The quantitative estimate of drug-likeness (QED) is 0.516. The Bertz CT molecular complexity index is 619. The number of carbonyl (C=O) groups excluding carboxylic acids is 3. The maximum atomic E-state index is 12.7. The monoisotopic (exact) mass is 391 g/mol. The fraction of sp³-hybridized carbons (Fsp3) is 0.762. The molecular formula is C21H33N3O4. The van der Waals surface area contributed by atoms with E-state index < -0.39 is 5.41 Å². The van der Waals surface area contributed by atoms with Crippen molar-refractivity contribution >= 4 is 17.9 Å². The Kier molecular flexibility index (Phi) is 6.97. The van der Waals surface area contributed by atoms with Crippen LogP contribution < -0.4 is 10.6 Å². The standard InChI is InChI=1S/C21H33N3O4/c1-2-28-20(27)24-14-9-17(10-15-24)23-19(26)21(11-12-21)18(25)22-13-8-16-6-4-3-5-7-16/h6,17H,2-5,7-15H2,1H3,(H,22,25)(H,23,26). The highest BCUT2D eigenvalue weighted by atomic mass is 16.6. The van der Waals surface area contributed by atoms with Crippen LogP contribution in [-0.2, 0) is 14.3 Å². The van der Waals surface area contributed by atoms with Gasteiger partial charge in [-0.05, 0) is 64.7 Å². The van der Waals surface area contributed by atoms with Gasteiger partial charge in [-0.15, -0.1) is 0 Å². The minimum Gasteiger partial charge on any atom is -0.450 e. The number of ether oxygens (including phenoxy) is 1. The van der Waals surface area contributed by atoms with E-state index in [0.29, 0.717) is 51.9 Å². The molecule has 2 aliphatic carbocycles. The molecule has 28 heavy (non-hydrogen) atoms. The van der Waals surface area contributed by atoms with Crippen LogP contribution in [0.5, 0.6) is 0 Å². The van der Waals surface area contributed by atoms with E-state index in [2.05, 4.69) is 16.7 Å². The van der Waals surface area contributed by atoms with Crippen molar-refractivity contribution in [3.8, 4) is 0 Å². The number of likely N-dealkylation sites (tertiary alicyclic amines) is 1. The molecule has 0 radical (unpaired) electrons. The van der Waals surface area contributed by atoms with Gasteiger partial charge in [-0.3, -0.25) is 9.59 Å². The number of amides is 3. The zero-order valence-electron chi connectivity index (χ0n) is 16.9. The van der Waals surface area contributed by atoms with Crippen LogP contribution in [-0.4, -0.2) is 55.1 Å². The molecule has 1 aliphatic heterocycles. The summed E-state index contributed by atoms with van der Waals surface area (Å²) >= 11 is 0. The Balaban J connectivity index is 1.40. The van der Waals surface area contributed by atoms with Gasteiger partial charge < -0.3 is 20.3 Å². The smallest absolute Gasteiger partial charge is 0.409 e. The molecule has 2 N–H and O–H groups in total. The van der Waals surface area contributed by atoms with E-state index in [0.717, 1.165) is 19.3 Å². The van der Waals surface area contributed by atoms with Crippen molar-refractivity contribution < 1.29 is 19.1 Å². The van der Waals surface area contributed by atoms with Gasteiger partial charge >= 0.3 is 6.09 Å². The van der Waals surface area contributed by atoms with Gasteiger partial charge in [0.25, 0.3) is 0 Å². The molecular weight excluding hydrogens is 358 g/mol. The summed E-state index contributed by atoms with van der Waals surface area (Å²) in [5.74, 6) is -0.290. The van der Waals surface area contributed by atoms with Crippen molar-refractivity contribution in [1.29, 1.82) is 0 Å². The number of allylic oxidation sites excluding steroid dienone is 1. The summed E-state index contributed by atoms with van der Waals surface area (Å²) in [5.41, 5.74) is 0.549. The van der Waals surface area contributed by atoms with Crippen molar-refractivity contribution in [3.05, 3.63) is 11.6 Å². The lowest BCUT2D eigenvalue weighted by molar-refractivity contribution is -0.137. The molecule has 7 nitrogen and oxygen atoms in total. The molecule has 0 atom stereocenters. The van der Waals surface area contributed by atoms with Crippen LogP contribution in [0.15, 0.2) is 11.6 Å². The van der Waals surface area contributed by atoms with E-state index in [1.54, 1.807) is 11.8 Å². The molecule has 156 valence electrons. The molecule has 0 aromatic carbocycles. The fourth-order valence-corrected chi connectivity index (χ4v) is 4.06. The second-order valence-corrected chi connectivity index (χ2v) is 8.13. The summed E-state index contributed by atoms with van der Waals surface area (Å²) in [4.78, 5) is 38.8. The fourth-order valence-electron chi connectivity index (χ4n) is 4.06. The Hall–Kier alpha value is -2.05. The number of nitrogens with one attached hydrogen (secondary N) is 2. The second-order valence-electron chi connectivity index (χ2n) is 8.13. The van der Waals surface area contributed by atoms with E-state index in [9.17, 15) is 14.4 Å². The molecule has 3 rings (SSSR count). The minimum atomic E-state index is -0.876. The summed E-state index contributed by atoms with van der Waals surface area (Å²) < 4.78 is 5.02. The van der Waals surface area contributed by atoms with Gasteiger partial charge in [0.1, 0.15) is 5.41 Å². The zero-order valence-corrected chi connectivity index (χ0v) is 16.9. The van der Waals surface area contributed by atoms with E-state index >= 15 is 0 Å². The third-order valence-corrected chi connectivity index (χ3v) is 6.09. The largest absolute Gasteiger partial charge is 0.450 e. The molecule has 0 unspecified atom stereocenters. The summed E-state index contributed by atoms with van der Waals surface area (Å²) in [5, 5.41) is 6.02. The number of carbonyl (C=O) groups is 3. The predicted molar refractivity (Wildman–Crippen MR) is 106 cm³/mol. The SMILES string of the molecule is CCOC(=O)N1CCC(NC(=O)C2(C(=O)NCCC3=CCCCC3)CC2)CC1.